The second-order valence-electron chi connectivity index (χ2n) is 5.27. The Kier molecular flexibility index (Phi) is 4.53. The lowest BCUT2D eigenvalue weighted by atomic mass is 9.75. The minimum Gasteiger partial charge on any atom is -0.480 e. The maximum Gasteiger partial charge on any atom is 0.320 e. The summed E-state index contributed by atoms with van der Waals surface area (Å²) in [5.74, 6) is -0.636. The predicted molar refractivity (Wildman–Crippen MR) is 71.6 cm³/mol. The number of carboxylic acid groups (broad SMARTS) is 1. The van der Waals surface area contributed by atoms with Crippen LogP contribution in [0.25, 0.3) is 0 Å². The molecule has 3 nitrogen and oxygen atoms in total. The van der Waals surface area contributed by atoms with Gasteiger partial charge in [-0.25, -0.2) is 4.39 Å². The normalized spacial score (nSPS) is 23.7. The van der Waals surface area contributed by atoms with Gasteiger partial charge in [0, 0.05) is 6.04 Å². The Labute approximate surface area is 112 Å². The van der Waals surface area contributed by atoms with Crippen molar-refractivity contribution in [2.45, 2.75) is 50.6 Å². The first kappa shape index (κ1) is 14.0. The fourth-order valence-electron chi connectivity index (χ4n) is 2.64. The van der Waals surface area contributed by atoms with E-state index in [1.165, 1.54) is 6.07 Å². The van der Waals surface area contributed by atoms with Gasteiger partial charge in [-0.15, -0.1) is 0 Å². The molecule has 19 heavy (non-hydrogen) atoms. The van der Waals surface area contributed by atoms with Crippen molar-refractivity contribution in [1.82, 2.24) is 5.32 Å². The van der Waals surface area contributed by atoms with E-state index < -0.39 is 12.0 Å². The van der Waals surface area contributed by atoms with Gasteiger partial charge in [0.05, 0.1) is 0 Å². The summed E-state index contributed by atoms with van der Waals surface area (Å²) in [6.07, 6.45) is 3.27. The van der Waals surface area contributed by atoms with Crippen molar-refractivity contribution < 1.29 is 14.3 Å². The number of hydrogen-bond acceptors (Lipinski definition) is 2. The first-order valence-corrected chi connectivity index (χ1v) is 6.84. The molecule has 1 aliphatic rings. The molecule has 0 bridgehead atoms. The Bertz CT molecular complexity index is 444. The van der Waals surface area contributed by atoms with Crippen molar-refractivity contribution in [2.24, 2.45) is 0 Å². The summed E-state index contributed by atoms with van der Waals surface area (Å²) in [4.78, 5) is 11.0. The van der Waals surface area contributed by atoms with Gasteiger partial charge in [-0.2, -0.15) is 0 Å². The van der Waals surface area contributed by atoms with E-state index in [9.17, 15) is 9.18 Å². The first-order chi connectivity index (χ1) is 9.10. The van der Waals surface area contributed by atoms with Gasteiger partial charge >= 0.3 is 5.97 Å². The van der Waals surface area contributed by atoms with Gasteiger partial charge in [-0.3, -0.25) is 4.79 Å². The smallest absolute Gasteiger partial charge is 0.320 e. The van der Waals surface area contributed by atoms with Crippen LogP contribution in [0.3, 0.4) is 0 Å². The average Bonchev–Trinajstić information content (AvgIpc) is 2.31. The van der Waals surface area contributed by atoms with Gasteiger partial charge in [0.25, 0.3) is 0 Å². The van der Waals surface area contributed by atoms with Crippen molar-refractivity contribution in [2.75, 3.05) is 0 Å². The number of benzene rings is 1. The van der Waals surface area contributed by atoms with Crippen molar-refractivity contribution in [1.29, 1.82) is 0 Å². The maximum absolute atomic E-state index is 13.1. The van der Waals surface area contributed by atoms with E-state index in [4.69, 9.17) is 5.11 Å². The molecule has 0 spiro atoms. The predicted octanol–water partition coefficient (Wildman–Crippen LogP) is 2.91. The molecule has 104 valence electrons. The van der Waals surface area contributed by atoms with Gasteiger partial charge < -0.3 is 10.4 Å². The molecule has 1 saturated carbocycles. The number of rotatable bonds is 6. The van der Waals surface area contributed by atoms with Crippen LogP contribution in [-0.4, -0.2) is 23.2 Å². The average molecular weight is 265 g/mol. The zero-order chi connectivity index (χ0) is 13.8. The highest BCUT2D eigenvalue weighted by Gasteiger charge is 2.33. The Morgan fingerprint density at radius 3 is 2.84 bits per heavy atom. The number of nitrogens with one attached hydrogen (secondary N) is 1. The molecule has 0 aromatic heterocycles. The van der Waals surface area contributed by atoms with Crippen LogP contribution in [0.15, 0.2) is 24.3 Å². The lowest BCUT2D eigenvalue weighted by Crippen LogP contribution is -2.48. The SMILES string of the molecule is CCCC(NC1CC(c2cccc(F)c2)C1)C(=O)O. The number of carbonyl (C=O) groups is 1. The molecule has 2 rings (SSSR count). The zero-order valence-electron chi connectivity index (χ0n) is 11.1. The summed E-state index contributed by atoms with van der Waals surface area (Å²) in [6, 6.07) is 6.46. The van der Waals surface area contributed by atoms with E-state index in [-0.39, 0.29) is 11.9 Å². The molecule has 0 amide bonds. The molecule has 1 aliphatic carbocycles. The van der Waals surface area contributed by atoms with Gasteiger partial charge in [-0.05, 0) is 42.9 Å². The molecule has 1 aromatic carbocycles. The van der Waals surface area contributed by atoms with Crippen molar-refractivity contribution in [3.63, 3.8) is 0 Å². The molecule has 4 heteroatoms. The van der Waals surface area contributed by atoms with Gasteiger partial charge in [-0.1, -0.05) is 25.5 Å². The second kappa shape index (κ2) is 6.15. The number of aliphatic carboxylic acids is 1. The number of hydrogen-bond donors (Lipinski definition) is 2. The van der Waals surface area contributed by atoms with Crippen LogP contribution in [0.4, 0.5) is 4.39 Å². The van der Waals surface area contributed by atoms with E-state index in [0.717, 1.165) is 24.8 Å². The fourth-order valence-corrected chi connectivity index (χ4v) is 2.64. The minimum absolute atomic E-state index is 0.205. The molecule has 1 unspecified atom stereocenters. The van der Waals surface area contributed by atoms with Crippen LogP contribution >= 0.6 is 0 Å². The van der Waals surface area contributed by atoms with Gasteiger partial charge in [0.15, 0.2) is 0 Å². The molecular weight excluding hydrogens is 245 g/mol. The zero-order valence-corrected chi connectivity index (χ0v) is 11.1. The molecule has 2 N–H and O–H groups in total. The van der Waals surface area contributed by atoms with E-state index in [1.54, 1.807) is 12.1 Å². The number of carboxylic acids is 1. The Morgan fingerprint density at radius 1 is 1.53 bits per heavy atom. The highest BCUT2D eigenvalue weighted by Crippen LogP contribution is 2.37. The quantitative estimate of drug-likeness (QED) is 0.831. The van der Waals surface area contributed by atoms with Crippen LogP contribution in [0.1, 0.15) is 44.1 Å². The van der Waals surface area contributed by atoms with Crippen LogP contribution in [0, 0.1) is 5.82 Å². The molecule has 1 fully saturated rings. The maximum atomic E-state index is 13.1. The van der Waals surface area contributed by atoms with Crippen molar-refractivity contribution >= 4 is 5.97 Å². The minimum atomic E-state index is -0.781. The van der Waals surface area contributed by atoms with Crippen molar-refractivity contribution in [3.05, 3.63) is 35.6 Å². The second-order valence-corrected chi connectivity index (χ2v) is 5.27. The van der Waals surface area contributed by atoms with E-state index in [1.807, 2.05) is 13.0 Å². The summed E-state index contributed by atoms with van der Waals surface area (Å²) >= 11 is 0. The Morgan fingerprint density at radius 2 is 2.26 bits per heavy atom. The summed E-state index contributed by atoms with van der Waals surface area (Å²) in [7, 11) is 0. The summed E-state index contributed by atoms with van der Waals surface area (Å²) in [5.41, 5.74) is 1.01. The molecule has 1 aromatic rings. The lowest BCUT2D eigenvalue weighted by Gasteiger charge is -2.38. The van der Waals surface area contributed by atoms with E-state index in [2.05, 4.69) is 5.32 Å². The summed E-state index contributed by atoms with van der Waals surface area (Å²) < 4.78 is 13.1. The highest BCUT2D eigenvalue weighted by molar-refractivity contribution is 5.73. The Balaban J connectivity index is 1.84. The highest BCUT2D eigenvalue weighted by atomic mass is 19.1. The van der Waals surface area contributed by atoms with Crippen molar-refractivity contribution in [3.8, 4) is 0 Å². The molecule has 0 aliphatic heterocycles. The Hall–Kier alpha value is -1.42. The third kappa shape index (κ3) is 3.53. The largest absolute Gasteiger partial charge is 0.480 e. The van der Waals surface area contributed by atoms with Crippen LogP contribution < -0.4 is 5.32 Å². The fraction of sp³-hybridized carbons (Fsp3) is 0.533. The molecule has 0 saturated heterocycles. The topological polar surface area (TPSA) is 49.3 Å². The monoisotopic (exact) mass is 265 g/mol. The van der Waals surface area contributed by atoms with E-state index in [0.29, 0.717) is 12.3 Å². The molecule has 0 radical (unpaired) electrons. The molecule has 0 heterocycles. The lowest BCUT2D eigenvalue weighted by molar-refractivity contribution is -0.140. The van der Waals surface area contributed by atoms with Gasteiger partial charge in [0.2, 0.25) is 0 Å². The van der Waals surface area contributed by atoms with Crippen LogP contribution in [0.5, 0.6) is 0 Å². The van der Waals surface area contributed by atoms with Crippen LogP contribution in [0.2, 0.25) is 0 Å². The summed E-state index contributed by atoms with van der Waals surface area (Å²) in [5, 5.41) is 12.3. The third-order valence-electron chi connectivity index (χ3n) is 3.77. The first-order valence-electron chi connectivity index (χ1n) is 6.84. The summed E-state index contributed by atoms with van der Waals surface area (Å²) in [6.45, 7) is 1.98. The number of halogens is 1. The third-order valence-corrected chi connectivity index (χ3v) is 3.77. The standard InChI is InChI=1S/C15H20FNO2/c1-2-4-14(15(18)19)17-13-8-11(9-13)10-5-3-6-12(16)7-10/h3,5-7,11,13-14,17H,2,4,8-9H2,1H3,(H,18,19). The van der Waals surface area contributed by atoms with Crippen LogP contribution in [-0.2, 0) is 4.79 Å². The van der Waals surface area contributed by atoms with Gasteiger partial charge in [0.1, 0.15) is 11.9 Å². The van der Waals surface area contributed by atoms with E-state index >= 15 is 0 Å². The molecular formula is C15H20FNO2. The molecule has 1 atom stereocenters.